The van der Waals surface area contributed by atoms with Crippen molar-refractivity contribution in [2.75, 3.05) is 0 Å². The van der Waals surface area contributed by atoms with Crippen molar-refractivity contribution in [3.63, 3.8) is 0 Å². The molecule has 0 aliphatic heterocycles. The molecule has 32 heavy (non-hydrogen) atoms. The third-order valence-corrected chi connectivity index (χ3v) is 12.7. The third-order valence-electron chi connectivity index (χ3n) is 12.7. The highest BCUT2D eigenvalue weighted by Gasteiger charge is 2.84. The number of hydrogen-bond donors (Lipinski definition) is 3. The van der Waals surface area contributed by atoms with E-state index in [4.69, 9.17) is 0 Å². The van der Waals surface area contributed by atoms with Gasteiger partial charge < -0.3 is 15.3 Å². The van der Waals surface area contributed by atoms with Crippen LogP contribution in [0.5, 0.6) is 0 Å². The maximum atomic E-state index is 11.3. The van der Waals surface area contributed by atoms with E-state index in [1.165, 1.54) is 32.1 Å². The molecule has 0 radical (unpaired) electrons. The summed E-state index contributed by atoms with van der Waals surface area (Å²) in [4.78, 5) is 0. The summed E-state index contributed by atoms with van der Waals surface area (Å²) in [6, 6.07) is 0. The van der Waals surface area contributed by atoms with Crippen LogP contribution in [0, 0.1) is 51.2 Å². The second kappa shape index (κ2) is 7.20. The predicted octanol–water partition coefficient (Wildman–Crippen LogP) is 5.94. The van der Waals surface area contributed by atoms with E-state index in [0.29, 0.717) is 28.6 Å². The molecule has 3 N–H and O–H groups in total. The van der Waals surface area contributed by atoms with Gasteiger partial charge in [0.05, 0.1) is 17.8 Å². The zero-order chi connectivity index (χ0) is 23.3. The van der Waals surface area contributed by atoms with E-state index in [1.54, 1.807) is 0 Å². The second-order valence-corrected chi connectivity index (χ2v) is 14.5. The van der Waals surface area contributed by atoms with Crippen molar-refractivity contribution >= 4 is 0 Å². The van der Waals surface area contributed by atoms with Crippen LogP contribution in [0.3, 0.4) is 0 Å². The summed E-state index contributed by atoms with van der Waals surface area (Å²) < 4.78 is 0. The summed E-state index contributed by atoms with van der Waals surface area (Å²) in [6.07, 6.45) is 12.3. The lowest BCUT2D eigenvalue weighted by Gasteiger charge is -2.59. The fourth-order valence-electron chi connectivity index (χ4n) is 11.2. The molecule has 184 valence electrons. The summed E-state index contributed by atoms with van der Waals surface area (Å²) >= 11 is 0. The molecule has 5 fully saturated rings. The van der Waals surface area contributed by atoms with Crippen LogP contribution in [0.2, 0.25) is 0 Å². The van der Waals surface area contributed by atoms with Gasteiger partial charge in [-0.25, -0.2) is 0 Å². The zero-order valence-electron chi connectivity index (χ0n) is 21.7. The number of fused-ring (bicyclic) bond motifs is 2. The van der Waals surface area contributed by atoms with Gasteiger partial charge in [0.2, 0.25) is 0 Å². The summed E-state index contributed by atoms with van der Waals surface area (Å²) in [5, 5.41) is 32.2. The molecule has 3 heteroatoms. The highest BCUT2D eigenvalue weighted by Crippen LogP contribution is 2.89. The molecule has 0 bridgehead atoms. The molecule has 0 aromatic carbocycles. The quantitative estimate of drug-likeness (QED) is 0.458. The van der Waals surface area contributed by atoms with Crippen molar-refractivity contribution < 1.29 is 15.3 Å². The Bertz CT molecular complexity index is 739. The topological polar surface area (TPSA) is 60.7 Å². The summed E-state index contributed by atoms with van der Waals surface area (Å²) in [7, 11) is 0. The molecule has 0 aromatic rings. The van der Waals surface area contributed by atoms with E-state index in [-0.39, 0.29) is 23.0 Å². The fourth-order valence-corrected chi connectivity index (χ4v) is 11.2. The zero-order valence-corrected chi connectivity index (χ0v) is 21.7. The molecular formula is C29H50O3. The first-order valence-electron chi connectivity index (χ1n) is 13.9. The molecule has 2 spiro atoms. The smallest absolute Gasteiger partial charge is 0.0594 e. The van der Waals surface area contributed by atoms with Crippen LogP contribution in [0.4, 0.5) is 0 Å². The number of aliphatic hydroxyl groups excluding tert-OH is 2. The maximum Gasteiger partial charge on any atom is 0.0594 e. The summed E-state index contributed by atoms with van der Waals surface area (Å²) in [5.74, 6) is 3.32. The molecule has 5 rings (SSSR count). The largest absolute Gasteiger partial charge is 0.393 e. The first kappa shape index (κ1) is 23.6. The van der Waals surface area contributed by atoms with Crippen LogP contribution >= 0.6 is 0 Å². The van der Waals surface area contributed by atoms with Gasteiger partial charge in [0.25, 0.3) is 0 Å². The van der Waals surface area contributed by atoms with Gasteiger partial charge in [0.1, 0.15) is 0 Å². The molecule has 5 aliphatic carbocycles. The lowest BCUT2D eigenvalue weighted by Crippen LogP contribution is -2.54. The summed E-state index contributed by atoms with van der Waals surface area (Å²) in [6.45, 7) is 13.6. The van der Waals surface area contributed by atoms with Crippen molar-refractivity contribution in [2.24, 2.45) is 51.2 Å². The van der Waals surface area contributed by atoms with Crippen LogP contribution in [-0.4, -0.2) is 33.1 Å². The van der Waals surface area contributed by atoms with E-state index in [1.807, 2.05) is 13.8 Å². The average Bonchev–Trinajstić information content (AvgIpc) is 3.11. The minimum absolute atomic E-state index is 0.0416. The Labute approximate surface area is 196 Å². The minimum atomic E-state index is -0.575. The van der Waals surface area contributed by atoms with Crippen molar-refractivity contribution in [3.8, 4) is 0 Å². The lowest BCUT2D eigenvalue weighted by atomic mass is 9.46. The van der Waals surface area contributed by atoms with Crippen molar-refractivity contribution in [2.45, 2.75) is 130 Å². The van der Waals surface area contributed by atoms with E-state index in [0.717, 1.165) is 50.4 Å². The molecule has 3 nitrogen and oxygen atoms in total. The predicted molar refractivity (Wildman–Crippen MR) is 129 cm³/mol. The van der Waals surface area contributed by atoms with Crippen LogP contribution < -0.4 is 0 Å². The Morgan fingerprint density at radius 3 is 2.28 bits per heavy atom. The second-order valence-electron chi connectivity index (χ2n) is 14.5. The standard InChI is InChI=1S/C29H50O3/c1-18-28-16-15-27(6)20(9-7-8-13-25(2,3)32)22(30)17-21(27)19(28)10-11-23-26(4,5)24(31)12-14-29(18,23)28/h18-24,30-32H,7-17H2,1-6H3/t18-,19-,20?,21?,22?,23?,24-,27+,28-,29+/m0/s1. The van der Waals surface area contributed by atoms with Gasteiger partial charge in [0, 0.05) is 0 Å². The molecule has 4 unspecified atom stereocenters. The van der Waals surface area contributed by atoms with E-state index in [2.05, 4.69) is 27.7 Å². The van der Waals surface area contributed by atoms with Gasteiger partial charge in [-0.15, -0.1) is 0 Å². The minimum Gasteiger partial charge on any atom is -0.393 e. The van der Waals surface area contributed by atoms with Crippen LogP contribution in [0.15, 0.2) is 0 Å². The van der Waals surface area contributed by atoms with Crippen molar-refractivity contribution in [1.82, 2.24) is 0 Å². The van der Waals surface area contributed by atoms with E-state index in [9.17, 15) is 15.3 Å². The van der Waals surface area contributed by atoms with Crippen LogP contribution in [0.1, 0.15) is 112 Å². The number of aliphatic hydroxyl groups is 3. The Morgan fingerprint density at radius 2 is 1.59 bits per heavy atom. The van der Waals surface area contributed by atoms with Gasteiger partial charge in [0.15, 0.2) is 0 Å². The first-order valence-corrected chi connectivity index (χ1v) is 13.9. The SMILES string of the molecule is C[C@H]1[C@@]23CC[C@]4(C)C(CCCCC(C)(C)O)C(O)CC4[C@@H]2CCC2C(C)(C)[C@@H](O)CC[C@]213. The molecule has 0 amide bonds. The van der Waals surface area contributed by atoms with Gasteiger partial charge in [-0.05, 0) is 123 Å². The fraction of sp³-hybridized carbons (Fsp3) is 1.00. The molecule has 0 saturated heterocycles. The third kappa shape index (κ3) is 2.89. The molecule has 0 aromatic heterocycles. The highest BCUT2D eigenvalue weighted by molar-refractivity contribution is 5.32. The average molecular weight is 447 g/mol. The Balaban J connectivity index is 1.36. The van der Waals surface area contributed by atoms with E-state index >= 15 is 0 Å². The van der Waals surface area contributed by atoms with Crippen LogP contribution in [0.25, 0.3) is 0 Å². The Morgan fingerprint density at radius 1 is 0.875 bits per heavy atom. The van der Waals surface area contributed by atoms with Gasteiger partial charge in [-0.1, -0.05) is 40.5 Å². The monoisotopic (exact) mass is 446 g/mol. The van der Waals surface area contributed by atoms with Crippen molar-refractivity contribution in [3.05, 3.63) is 0 Å². The molecule has 0 heterocycles. The molecule has 10 atom stereocenters. The summed E-state index contributed by atoms with van der Waals surface area (Å²) in [5.41, 5.74) is 0.682. The van der Waals surface area contributed by atoms with Gasteiger partial charge >= 0.3 is 0 Å². The first-order chi connectivity index (χ1) is 14.8. The van der Waals surface area contributed by atoms with Crippen LogP contribution in [-0.2, 0) is 0 Å². The lowest BCUT2D eigenvalue weighted by molar-refractivity contribution is -0.132. The van der Waals surface area contributed by atoms with Gasteiger partial charge in [-0.3, -0.25) is 0 Å². The van der Waals surface area contributed by atoms with Crippen molar-refractivity contribution in [1.29, 1.82) is 0 Å². The molecular weight excluding hydrogens is 396 g/mol. The Kier molecular flexibility index (Phi) is 5.31. The molecule has 5 aliphatic rings. The molecule has 5 saturated carbocycles. The van der Waals surface area contributed by atoms with E-state index < -0.39 is 5.60 Å². The maximum absolute atomic E-state index is 11.3. The number of hydrogen-bond acceptors (Lipinski definition) is 3. The van der Waals surface area contributed by atoms with Gasteiger partial charge in [-0.2, -0.15) is 0 Å². The normalized spacial score (nSPS) is 53.7. The number of unbranched alkanes of at least 4 members (excludes halogenated alkanes) is 1. The number of rotatable bonds is 5. The highest BCUT2D eigenvalue weighted by atomic mass is 16.3. The Hall–Kier alpha value is -0.120.